The van der Waals surface area contributed by atoms with Gasteiger partial charge in [-0.3, -0.25) is 4.79 Å². The number of nitrogens with zero attached hydrogens (tertiary/aromatic N) is 2. The highest BCUT2D eigenvalue weighted by atomic mass is 35.5. The molecule has 0 radical (unpaired) electrons. The second-order valence-electron chi connectivity index (χ2n) is 6.06. The van der Waals surface area contributed by atoms with Crippen LogP contribution in [0.15, 0.2) is 28.8 Å². The van der Waals surface area contributed by atoms with Crippen LogP contribution in [0.1, 0.15) is 29.8 Å². The number of hydrogen-bond acceptors (Lipinski definition) is 5. The Morgan fingerprint density at radius 3 is 2.62 bits per heavy atom. The quantitative estimate of drug-likeness (QED) is 0.713. The summed E-state index contributed by atoms with van der Waals surface area (Å²) < 4.78 is 10.6. The summed E-state index contributed by atoms with van der Waals surface area (Å²) in [5.74, 6) is -0.109. The number of ether oxygens (including phenoxy) is 1. The summed E-state index contributed by atoms with van der Waals surface area (Å²) in [5.41, 5.74) is 0.475. The van der Waals surface area contributed by atoms with Gasteiger partial charge in [-0.1, -0.05) is 29.6 Å². The minimum Gasteiger partial charge on any atom is -0.474 e. The number of benzene rings is 1. The van der Waals surface area contributed by atoms with E-state index in [0.29, 0.717) is 28.4 Å². The molecule has 0 spiro atoms. The molecule has 0 atom stereocenters. The van der Waals surface area contributed by atoms with Gasteiger partial charge in [-0.25, -0.2) is 0 Å². The maximum Gasteiger partial charge on any atom is 0.294 e. The van der Waals surface area contributed by atoms with E-state index in [1.165, 1.54) is 25.3 Å². The number of likely N-dealkylation sites (N-methyl/N-ethyl adjacent to an activating group) is 1. The minimum atomic E-state index is -0.452. The van der Waals surface area contributed by atoms with Crippen LogP contribution in [0.4, 0.5) is 5.69 Å². The van der Waals surface area contributed by atoms with Crippen molar-refractivity contribution in [3.63, 3.8) is 0 Å². The molecule has 9 heteroatoms. The second kappa shape index (κ2) is 9.46. The van der Waals surface area contributed by atoms with Crippen LogP contribution in [0.5, 0.6) is 5.88 Å². The molecule has 1 N–H and O–H groups in total. The Kier molecular flexibility index (Phi) is 7.58. The van der Waals surface area contributed by atoms with Crippen LogP contribution in [0.3, 0.4) is 0 Å². The molecule has 0 unspecified atom stereocenters. The average molecular weight is 421 g/mol. The zero-order valence-corrected chi connectivity index (χ0v) is 16.5. The largest absolute Gasteiger partial charge is 0.474 e. The van der Waals surface area contributed by atoms with Crippen molar-refractivity contribution >= 4 is 47.2 Å². The van der Waals surface area contributed by atoms with Gasteiger partial charge in [-0.15, -0.1) is 12.4 Å². The smallest absolute Gasteiger partial charge is 0.294 e. The molecule has 1 aromatic heterocycles. The van der Waals surface area contributed by atoms with Crippen molar-refractivity contribution in [1.82, 2.24) is 10.1 Å². The topological polar surface area (TPSA) is 67.6 Å². The number of aromatic nitrogens is 1. The van der Waals surface area contributed by atoms with Gasteiger partial charge >= 0.3 is 0 Å². The van der Waals surface area contributed by atoms with E-state index in [1.807, 2.05) is 0 Å². The lowest BCUT2D eigenvalue weighted by Crippen LogP contribution is -2.39. The average Bonchev–Trinajstić information content (AvgIpc) is 2.93. The lowest BCUT2D eigenvalue weighted by Gasteiger charge is -2.34. The third-order valence-corrected chi connectivity index (χ3v) is 4.66. The van der Waals surface area contributed by atoms with Gasteiger partial charge in [0.05, 0.1) is 6.07 Å². The summed E-state index contributed by atoms with van der Waals surface area (Å²) in [7, 11) is 2.09. The van der Waals surface area contributed by atoms with E-state index in [2.05, 4.69) is 22.4 Å². The van der Waals surface area contributed by atoms with E-state index in [-0.39, 0.29) is 24.0 Å². The van der Waals surface area contributed by atoms with Crippen molar-refractivity contribution in [2.24, 2.45) is 0 Å². The Balaban J connectivity index is 0.00000243. The van der Waals surface area contributed by atoms with Gasteiger partial charge in [-0.2, -0.15) is 0 Å². The Morgan fingerprint density at radius 1 is 1.31 bits per heavy atom. The van der Waals surface area contributed by atoms with Crippen LogP contribution in [0.2, 0.25) is 10.0 Å². The molecule has 1 fully saturated rings. The molecule has 1 aliphatic rings. The first-order valence-electron chi connectivity index (χ1n) is 8.08. The summed E-state index contributed by atoms with van der Waals surface area (Å²) in [6, 6.07) is 6.89. The fourth-order valence-corrected chi connectivity index (χ4v) is 3.08. The lowest BCUT2D eigenvalue weighted by atomic mass is 9.92. The Morgan fingerprint density at radius 2 is 2.00 bits per heavy atom. The molecule has 142 valence electrons. The zero-order valence-electron chi connectivity index (χ0n) is 14.2. The van der Waals surface area contributed by atoms with E-state index in [1.54, 1.807) is 18.2 Å². The fourth-order valence-electron chi connectivity index (χ4n) is 2.56. The summed E-state index contributed by atoms with van der Waals surface area (Å²) >= 11 is 11.8. The van der Waals surface area contributed by atoms with Crippen molar-refractivity contribution in [1.29, 1.82) is 0 Å². The highest BCUT2D eigenvalue weighted by Gasteiger charge is 2.21. The molecule has 1 amide bonds. The molecular weight excluding hydrogens is 401 g/mol. The Labute approximate surface area is 168 Å². The molecule has 0 bridgehead atoms. The monoisotopic (exact) mass is 419 g/mol. The highest BCUT2D eigenvalue weighted by Crippen LogP contribution is 2.24. The van der Waals surface area contributed by atoms with Crippen LogP contribution < -0.4 is 10.1 Å². The van der Waals surface area contributed by atoms with Gasteiger partial charge in [0.1, 0.15) is 6.61 Å². The number of amides is 1. The van der Waals surface area contributed by atoms with E-state index in [0.717, 1.165) is 6.54 Å². The Hall–Kier alpha value is -1.47. The summed E-state index contributed by atoms with van der Waals surface area (Å²) in [6.07, 6.45) is 3.80. The predicted molar refractivity (Wildman–Crippen MR) is 104 cm³/mol. The summed E-state index contributed by atoms with van der Waals surface area (Å²) in [4.78, 5) is 14.5. The van der Waals surface area contributed by atoms with Crippen molar-refractivity contribution in [2.75, 3.05) is 25.5 Å². The molecule has 26 heavy (non-hydrogen) atoms. The first-order valence-corrected chi connectivity index (χ1v) is 8.84. The minimum absolute atomic E-state index is 0. The SMILES string of the molecule is CN(CCOc1cc(C(=O)Nc2cc(Cl)cc(Cl)c2)on1)C1CCC1.Cl. The standard InChI is InChI=1S/C17H19Cl2N3O3.ClH/c1-22(14-3-2-4-14)5-6-24-16-10-15(25-21-16)17(23)20-13-8-11(18)7-12(19)9-13;/h7-10,14H,2-6H2,1H3,(H,20,23);1H. The van der Waals surface area contributed by atoms with Crippen molar-refractivity contribution in [3.05, 3.63) is 40.1 Å². The van der Waals surface area contributed by atoms with Crippen molar-refractivity contribution in [3.8, 4) is 5.88 Å². The first-order chi connectivity index (χ1) is 12.0. The van der Waals surface area contributed by atoms with Gasteiger partial charge in [-0.05, 0) is 43.2 Å². The Bertz CT molecular complexity index is 730. The molecule has 0 saturated heterocycles. The van der Waals surface area contributed by atoms with Gasteiger partial charge < -0.3 is 19.5 Å². The maximum atomic E-state index is 12.2. The normalized spacial score (nSPS) is 13.8. The molecule has 0 aliphatic heterocycles. The number of rotatable bonds is 7. The fraction of sp³-hybridized carbons (Fsp3) is 0.412. The van der Waals surface area contributed by atoms with E-state index >= 15 is 0 Å². The molecule has 1 aliphatic carbocycles. The number of carbonyl (C=O) groups excluding carboxylic acids is 1. The molecule has 1 saturated carbocycles. The van der Waals surface area contributed by atoms with E-state index < -0.39 is 5.91 Å². The third-order valence-electron chi connectivity index (χ3n) is 4.22. The maximum absolute atomic E-state index is 12.2. The summed E-state index contributed by atoms with van der Waals surface area (Å²) in [6.45, 7) is 1.30. The van der Waals surface area contributed by atoms with Crippen molar-refractivity contribution in [2.45, 2.75) is 25.3 Å². The summed E-state index contributed by atoms with van der Waals surface area (Å²) in [5, 5.41) is 7.27. The van der Waals surface area contributed by atoms with Crippen LogP contribution in [0.25, 0.3) is 0 Å². The van der Waals surface area contributed by atoms with Gasteiger partial charge in [0, 0.05) is 28.3 Å². The molecule has 1 aromatic carbocycles. The molecule has 1 heterocycles. The molecule has 2 aromatic rings. The highest BCUT2D eigenvalue weighted by molar-refractivity contribution is 6.35. The van der Waals surface area contributed by atoms with Crippen LogP contribution in [-0.2, 0) is 0 Å². The van der Waals surface area contributed by atoms with Crippen LogP contribution in [-0.4, -0.2) is 42.2 Å². The zero-order chi connectivity index (χ0) is 17.8. The van der Waals surface area contributed by atoms with Gasteiger partial charge in [0.15, 0.2) is 0 Å². The van der Waals surface area contributed by atoms with Crippen molar-refractivity contribution < 1.29 is 14.1 Å². The number of nitrogens with one attached hydrogen (secondary N) is 1. The molecule has 6 nitrogen and oxygen atoms in total. The van der Waals surface area contributed by atoms with Crippen LogP contribution >= 0.6 is 35.6 Å². The molecule has 3 rings (SSSR count). The predicted octanol–water partition coefficient (Wildman–Crippen LogP) is 4.52. The number of carbonyl (C=O) groups is 1. The third kappa shape index (κ3) is 5.51. The number of anilines is 1. The van der Waals surface area contributed by atoms with E-state index in [9.17, 15) is 4.79 Å². The first kappa shape index (κ1) is 20.8. The number of hydrogen-bond donors (Lipinski definition) is 1. The lowest BCUT2D eigenvalue weighted by molar-refractivity contribution is 0.0987. The molecular formula is C17H20Cl3N3O3. The van der Waals surface area contributed by atoms with Gasteiger partial charge in [0.2, 0.25) is 5.76 Å². The van der Waals surface area contributed by atoms with Gasteiger partial charge in [0.25, 0.3) is 11.8 Å². The number of halogens is 3. The van der Waals surface area contributed by atoms with E-state index in [4.69, 9.17) is 32.5 Å². The second-order valence-corrected chi connectivity index (χ2v) is 6.93. The van der Waals surface area contributed by atoms with Crippen LogP contribution in [0, 0.1) is 0 Å².